The van der Waals surface area contributed by atoms with Crippen LogP contribution in [-0.2, 0) is 0 Å². The number of hydrogen-bond acceptors (Lipinski definition) is 2. The van der Waals surface area contributed by atoms with Crippen LogP contribution in [0, 0.1) is 11.6 Å². The minimum atomic E-state index is -0.935. The first kappa shape index (κ1) is 9.33. The van der Waals surface area contributed by atoms with Crippen LogP contribution in [0.15, 0.2) is 22.8 Å². The Labute approximate surface area is 86.9 Å². The number of benzene rings is 1. The van der Waals surface area contributed by atoms with Crippen molar-refractivity contribution in [2.24, 2.45) is 0 Å². The third-order valence-corrected chi connectivity index (χ3v) is 2.55. The van der Waals surface area contributed by atoms with Gasteiger partial charge >= 0.3 is 0 Å². The zero-order chi connectivity index (χ0) is 10.3. The molecule has 0 atom stereocenters. The molecule has 2 N–H and O–H groups in total. The third kappa shape index (κ3) is 1.33. The molecule has 0 amide bonds. The highest BCUT2D eigenvalue weighted by atomic mass is 79.9. The average Bonchev–Trinajstić information content (AvgIpc) is 2.14. The van der Waals surface area contributed by atoms with Gasteiger partial charge in [-0.05, 0) is 28.1 Å². The molecule has 0 spiro atoms. The molecule has 2 nitrogen and oxygen atoms in total. The molecule has 0 saturated heterocycles. The highest BCUT2D eigenvalue weighted by molar-refractivity contribution is 9.10. The van der Waals surface area contributed by atoms with E-state index in [1.165, 1.54) is 12.3 Å². The molecule has 0 saturated carbocycles. The number of nitrogens with zero attached hydrogens (tertiary/aromatic N) is 1. The van der Waals surface area contributed by atoms with E-state index in [2.05, 4.69) is 20.9 Å². The molecule has 0 aliphatic carbocycles. The second-order valence-corrected chi connectivity index (χ2v) is 3.62. The first-order valence-electron chi connectivity index (χ1n) is 3.78. The van der Waals surface area contributed by atoms with Crippen LogP contribution in [0.25, 0.3) is 10.9 Å². The van der Waals surface area contributed by atoms with Gasteiger partial charge in [0.25, 0.3) is 0 Å². The van der Waals surface area contributed by atoms with E-state index in [9.17, 15) is 8.78 Å². The van der Waals surface area contributed by atoms with Crippen LogP contribution in [0.2, 0.25) is 0 Å². The standard InChI is InChI=1S/C9H5BrF2N2/c10-7-8(12)6(11)2-4-1-5(13)3-14-9(4)7/h1-3H,13H2. The summed E-state index contributed by atoms with van der Waals surface area (Å²) in [5, 5.41) is 0.468. The summed E-state index contributed by atoms with van der Waals surface area (Å²) in [7, 11) is 0. The Morgan fingerprint density at radius 1 is 1.29 bits per heavy atom. The molecule has 2 aromatic rings. The van der Waals surface area contributed by atoms with Crippen LogP contribution in [0.3, 0.4) is 0 Å². The molecule has 0 aliphatic rings. The molecular formula is C9H5BrF2N2. The molecule has 0 aliphatic heterocycles. The zero-order valence-electron chi connectivity index (χ0n) is 6.89. The van der Waals surface area contributed by atoms with Gasteiger partial charge in [-0.2, -0.15) is 0 Å². The fraction of sp³-hybridized carbons (Fsp3) is 0. The third-order valence-electron chi connectivity index (χ3n) is 1.83. The van der Waals surface area contributed by atoms with Crippen LogP contribution in [-0.4, -0.2) is 4.98 Å². The van der Waals surface area contributed by atoms with Crippen LogP contribution >= 0.6 is 15.9 Å². The van der Waals surface area contributed by atoms with E-state index >= 15 is 0 Å². The molecule has 14 heavy (non-hydrogen) atoms. The number of halogens is 3. The highest BCUT2D eigenvalue weighted by Crippen LogP contribution is 2.28. The van der Waals surface area contributed by atoms with Crippen molar-refractivity contribution in [1.82, 2.24) is 4.98 Å². The van der Waals surface area contributed by atoms with E-state index in [1.807, 2.05) is 0 Å². The first-order valence-corrected chi connectivity index (χ1v) is 4.57. The Balaban J connectivity index is 2.91. The van der Waals surface area contributed by atoms with Gasteiger partial charge in [-0.25, -0.2) is 8.78 Å². The second-order valence-electron chi connectivity index (χ2n) is 2.83. The Hall–Kier alpha value is -1.23. The summed E-state index contributed by atoms with van der Waals surface area (Å²) < 4.78 is 26.1. The number of nitrogen functional groups attached to an aromatic ring is 1. The van der Waals surface area contributed by atoms with Gasteiger partial charge in [0.1, 0.15) is 0 Å². The lowest BCUT2D eigenvalue weighted by Crippen LogP contribution is -1.92. The summed E-state index contributed by atoms with van der Waals surface area (Å²) >= 11 is 2.94. The SMILES string of the molecule is Nc1cnc2c(Br)c(F)c(F)cc2c1. The molecule has 0 radical (unpaired) electrons. The van der Waals surface area contributed by atoms with Gasteiger partial charge in [-0.15, -0.1) is 0 Å². The van der Waals surface area contributed by atoms with Crippen molar-refractivity contribution < 1.29 is 8.78 Å². The molecule has 2 rings (SSSR count). The minimum Gasteiger partial charge on any atom is -0.397 e. The Bertz CT molecular complexity index is 514. The topological polar surface area (TPSA) is 38.9 Å². The maximum Gasteiger partial charge on any atom is 0.175 e. The fourth-order valence-corrected chi connectivity index (χ4v) is 1.72. The molecule has 1 aromatic heterocycles. The summed E-state index contributed by atoms with van der Waals surface area (Å²) in [6, 6.07) is 2.61. The molecule has 0 fully saturated rings. The molecular weight excluding hydrogens is 254 g/mol. The highest BCUT2D eigenvalue weighted by Gasteiger charge is 2.11. The van der Waals surface area contributed by atoms with E-state index < -0.39 is 11.6 Å². The van der Waals surface area contributed by atoms with Crippen molar-refractivity contribution in [3.05, 3.63) is 34.4 Å². The molecule has 72 valence electrons. The van der Waals surface area contributed by atoms with Crippen LogP contribution in [0.4, 0.5) is 14.5 Å². The van der Waals surface area contributed by atoms with Crippen molar-refractivity contribution in [2.45, 2.75) is 0 Å². The quantitative estimate of drug-likeness (QED) is 0.739. The largest absolute Gasteiger partial charge is 0.397 e. The van der Waals surface area contributed by atoms with Gasteiger partial charge in [0.2, 0.25) is 0 Å². The number of pyridine rings is 1. The smallest absolute Gasteiger partial charge is 0.175 e. The number of anilines is 1. The summed E-state index contributed by atoms with van der Waals surface area (Å²) in [5.74, 6) is -1.86. The van der Waals surface area contributed by atoms with Gasteiger partial charge in [0, 0.05) is 5.39 Å². The zero-order valence-corrected chi connectivity index (χ0v) is 8.48. The van der Waals surface area contributed by atoms with E-state index in [1.54, 1.807) is 0 Å². The van der Waals surface area contributed by atoms with Crippen molar-refractivity contribution >= 4 is 32.5 Å². The fourth-order valence-electron chi connectivity index (χ4n) is 1.20. The molecule has 1 heterocycles. The Kier molecular flexibility index (Phi) is 2.11. The van der Waals surface area contributed by atoms with Crippen molar-refractivity contribution in [3.8, 4) is 0 Å². The Morgan fingerprint density at radius 3 is 2.71 bits per heavy atom. The first-order chi connectivity index (χ1) is 6.59. The van der Waals surface area contributed by atoms with Crippen molar-refractivity contribution in [3.63, 3.8) is 0 Å². The van der Waals surface area contributed by atoms with Gasteiger partial charge in [0.15, 0.2) is 11.6 Å². The van der Waals surface area contributed by atoms with Gasteiger partial charge in [-0.3, -0.25) is 4.98 Å². The minimum absolute atomic E-state index is 0.0208. The lowest BCUT2D eigenvalue weighted by atomic mass is 10.2. The van der Waals surface area contributed by atoms with Gasteiger partial charge in [-0.1, -0.05) is 0 Å². The van der Waals surface area contributed by atoms with E-state index in [-0.39, 0.29) is 4.47 Å². The lowest BCUT2D eigenvalue weighted by molar-refractivity contribution is 0.506. The summed E-state index contributed by atoms with van der Waals surface area (Å²) in [5.41, 5.74) is 6.24. The van der Waals surface area contributed by atoms with Crippen molar-refractivity contribution in [2.75, 3.05) is 5.73 Å². The monoisotopic (exact) mass is 258 g/mol. The van der Waals surface area contributed by atoms with Crippen LogP contribution < -0.4 is 5.73 Å². The Morgan fingerprint density at radius 2 is 2.00 bits per heavy atom. The maximum absolute atomic E-state index is 13.1. The van der Waals surface area contributed by atoms with Crippen molar-refractivity contribution in [1.29, 1.82) is 0 Å². The second kappa shape index (κ2) is 3.16. The average molecular weight is 259 g/mol. The van der Waals surface area contributed by atoms with Gasteiger partial charge in [0.05, 0.1) is 21.9 Å². The molecule has 1 aromatic carbocycles. The molecule has 5 heteroatoms. The predicted molar refractivity (Wildman–Crippen MR) is 53.8 cm³/mol. The maximum atomic E-state index is 13.1. The lowest BCUT2D eigenvalue weighted by Gasteiger charge is -2.03. The number of nitrogens with two attached hydrogens (primary N) is 1. The number of aromatic nitrogens is 1. The number of fused-ring (bicyclic) bond motifs is 1. The predicted octanol–water partition coefficient (Wildman–Crippen LogP) is 2.86. The normalized spacial score (nSPS) is 10.8. The summed E-state index contributed by atoms with van der Waals surface area (Å²) in [6.07, 6.45) is 1.39. The summed E-state index contributed by atoms with van der Waals surface area (Å²) in [4.78, 5) is 3.90. The van der Waals surface area contributed by atoms with E-state index in [4.69, 9.17) is 5.73 Å². The molecule has 0 unspecified atom stereocenters. The summed E-state index contributed by atoms with van der Waals surface area (Å²) in [6.45, 7) is 0. The van der Waals surface area contributed by atoms with Crippen LogP contribution in [0.5, 0.6) is 0 Å². The van der Waals surface area contributed by atoms with E-state index in [0.29, 0.717) is 16.6 Å². The van der Waals surface area contributed by atoms with Gasteiger partial charge < -0.3 is 5.73 Å². The number of hydrogen-bond donors (Lipinski definition) is 1. The van der Waals surface area contributed by atoms with E-state index in [0.717, 1.165) is 6.07 Å². The number of rotatable bonds is 0. The van der Waals surface area contributed by atoms with Crippen LogP contribution in [0.1, 0.15) is 0 Å². The molecule has 0 bridgehead atoms.